The number of hydrogen-bond donors (Lipinski definition) is 1. The molecule has 0 bridgehead atoms. The summed E-state index contributed by atoms with van der Waals surface area (Å²) in [5, 5.41) is 3.84. The molecule has 3 nitrogen and oxygen atoms in total. The van der Waals surface area contributed by atoms with Crippen LogP contribution in [-0.4, -0.2) is 30.6 Å². The Morgan fingerprint density at radius 3 is 2.89 bits per heavy atom. The van der Waals surface area contributed by atoms with E-state index >= 15 is 0 Å². The van der Waals surface area contributed by atoms with E-state index in [0.29, 0.717) is 5.92 Å². The normalized spacial score (nSPS) is 21.5. The second-order valence-corrected chi connectivity index (χ2v) is 5.25. The van der Waals surface area contributed by atoms with Gasteiger partial charge in [0.1, 0.15) is 0 Å². The molecule has 2 rings (SSSR count). The van der Waals surface area contributed by atoms with Gasteiger partial charge in [0.25, 0.3) is 0 Å². The van der Waals surface area contributed by atoms with Gasteiger partial charge in [-0.25, -0.2) is 4.79 Å². The summed E-state index contributed by atoms with van der Waals surface area (Å²) in [5.41, 5.74) is 1.14. The van der Waals surface area contributed by atoms with Gasteiger partial charge >= 0.3 is 6.03 Å². The van der Waals surface area contributed by atoms with Crippen molar-refractivity contribution in [2.24, 2.45) is 0 Å². The zero-order valence-corrected chi connectivity index (χ0v) is 11.6. The van der Waals surface area contributed by atoms with E-state index in [-0.39, 0.29) is 12.1 Å². The SMILES string of the molecule is CCCN(C)C(=O)N[C@@H]1C[C@H]1c1ccccc1Cl. The summed E-state index contributed by atoms with van der Waals surface area (Å²) >= 11 is 6.15. The second kappa shape index (κ2) is 5.61. The number of nitrogens with one attached hydrogen (secondary N) is 1. The smallest absolute Gasteiger partial charge is 0.317 e. The topological polar surface area (TPSA) is 32.3 Å². The Kier molecular flexibility index (Phi) is 4.12. The fraction of sp³-hybridized carbons (Fsp3) is 0.500. The Bertz CT molecular complexity index is 436. The van der Waals surface area contributed by atoms with Crippen molar-refractivity contribution >= 4 is 17.6 Å². The van der Waals surface area contributed by atoms with Gasteiger partial charge < -0.3 is 10.2 Å². The molecule has 1 aliphatic rings. The maximum Gasteiger partial charge on any atom is 0.317 e. The molecule has 1 fully saturated rings. The predicted molar refractivity (Wildman–Crippen MR) is 74.1 cm³/mol. The van der Waals surface area contributed by atoms with Gasteiger partial charge in [-0.05, 0) is 24.5 Å². The number of nitrogens with zero attached hydrogens (tertiary/aromatic N) is 1. The molecular weight excluding hydrogens is 248 g/mol. The predicted octanol–water partition coefficient (Wildman–Crippen LogP) is 3.25. The zero-order valence-electron chi connectivity index (χ0n) is 10.8. The van der Waals surface area contributed by atoms with Gasteiger partial charge in [-0.15, -0.1) is 0 Å². The quantitative estimate of drug-likeness (QED) is 0.891. The van der Waals surface area contributed by atoms with Gasteiger partial charge in [0.2, 0.25) is 0 Å². The van der Waals surface area contributed by atoms with E-state index in [9.17, 15) is 4.79 Å². The highest BCUT2D eigenvalue weighted by atomic mass is 35.5. The lowest BCUT2D eigenvalue weighted by Crippen LogP contribution is -2.39. The first kappa shape index (κ1) is 13.2. The fourth-order valence-corrected chi connectivity index (χ4v) is 2.46. The van der Waals surface area contributed by atoms with Gasteiger partial charge in [-0.3, -0.25) is 0 Å². The number of urea groups is 1. The minimum Gasteiger partial charge on any atom is -0.335 e. The molecule has 0 aromatic heterocycles. The minimum absolute atomic E-state index is 0.0106. The third-order valence-corrected chi connectivity index (χ3v) is 3.65. The van der Waals surface area contributed by atoms with Crippen LogP contribution in [0.4, 0.5) is 4.79 Å². The van der Waals surface area contributed by atoms with Crippen LogP contribution in [0.15, 0.2) is 24.3 Å². The lowest BCUT2D eigenvalue weighted by Gasteiger charge is -2.17. The van der Waals surface area contributed by atoms with E-state index in [1.54, 1.807) is 4.90 Å². The summed E-state index contributed by atoms with van der Waals surface area (Å²) in [6.07, 6.45) is 1.96. The first-order valence-electron chi connectivity index (χ1n) is 6.39. The highest BCUT2D eigenvalue weighted by Crippen LogP contribution is 2.43. The van der Waals surface area contributed by atoms with Crippen molar-refractivity contribution in [3.05, 3.63) is 34.9 Å². The van der Waals surface area contributed by atoms with E-state index in [2.05, 4.69) is 12.2 Å². The molecule has 0 saturated heterocycles. The summed E-state index contributed by atoms with van der Waals surface area (Å²) in [4.78, 5) is 13.6. The Morgan fingerprint density at radius 2 is 2.22 bits per heavy atom. The Hall–Kier alpha value is -1.22. The van der Waals surface area contributed by atoms with Crippen LogP contribution in [0.25, 0.3) is 0 Å². The molecule has 0 unspecified atom stereocenters. The average molecular weight is 267 g/mol. The molecule has 2 atom stereocenters. The van der Waals surface area contributed by atoms with Crippen molar-refractivity contribution in [2.75, 3.05) is 13.6 Å². The molecular formula is C14H19ClN2O. The van der Waals surface area contributed by atoms with Crippen molar-refractivity contribution in [1.82, 2.24) is 10.2 Å². The van der Waals surface area contributed by atoms with Crippen molar-refractivity contribution in [1.29, 1.82) is 0 Å². The maximum absolute atomic E-state index is 11.8. The fourth-order valence-electron chi connectivity index (χ4n) is 2.18. The zero-order chi connectivity index (χ0) is 13.1. The van der Waals surface area contributed by atoms with Crippen molar-refractivity contribution < 1.29 is 4.79 Å². The minimum atomic E-state index is 0.0106. The number of halogens is 1. The van der Waals surface area contributed by atoms with E-state index in [4.69, 9.17) is 11.6 Å². The van der Waals surface area contributed by atoms with Gasteiger partial charge in [-0.2, -0.15) is 0 Å². The first-order chi connectivity index (χ1) is 8.63. The number of hydrogen-bond acceptors (Lipinski definition) is 1. The van der Waals surface area contributed by atoms with Gasteiger partial charge in [0.05, 0.1) is 0 Å². The highest BCUT2D eigenvalue weighted by molar-refractivity contribution is 6.31. The van der Waals surface area contributed by atoms with Crippen LogP contribution in [-0.2, 0) is 0 Å². The highest BCUT2D eigenvalue weighted by Gasteiger charge is 2.40. The lowest BCUT2D eigenvalue weighted by molar-refractivity contribution is 0.208. The van der Waals surface area contributed by atoms with Crippen molar-refractivity contribution in [3.8, 4) is 0 Å². The van der Waals surface area contributed by atoms with Crippen molar-refractivity contribution in [2.45, 2.75) is 31.7 Å². The second-order valence-electron chi connectivity index (χ2n) is 4.84. The molecule has 98 valence electrons. The lowest BCUT2D eigenvalue weighted by atomic mass is 10.1. The van der Waals surface area contributed by atoms with E-state index in [0.717, 1.165) is 30.0 Å². The largest absolute Gasteiger partial charge is 0.335 e. The molecule has 1 aromatic carbocycles. The van der Waals surface area contributed by atoms with Gasteiger partial charge in [0, 0.05) is 30.6 Å². The van der Waals surface area contributed by atoms with Crippen LogP contribution >= 0.6 is 11.6 Å². The molecule has 1 saturated carbocycles. The van der Waals surface area contributed by atoms with Crippen LogP contribution in [0.5, 0.6) is 0 Å². The molecule has 2 amide bonds. The number of carbonyl (C=O) groups excluding carboxylic acids is 1. The van der Waals surface area contributed by atoms with Crippen LogP contribution in [0.3, 0.4) is 0 Å². The van der Waals surface area contributed by atoms with E-state index in [1.165, 1.54) is 0 Å². The first-order valence-corrected chi connectivity index (χ1v) is 6.77. The Morgan fingerprint density at radius 1 is 1.50 bits per heavy atom. The maximum atomic E-state index is 11.8. The molecule has 1 N–H and O–H groups in total. The summed E-state index contributed by atoms with van der Waals surface area (Å²) in [6, 6.07) is 8.10. The van der Waals surface area contributed by atoms with Crippen molar-refractivity contribution in [3.63, 3.8) is 0 Å². The van der Waals surface area contributed by atoms with E-state index < -0.39 is 0 Å². The van der Waals surface area contributed by atoms with Crippen LogP contribution in [0.1, 0.15) is 31.2 Å². The molecule has 18 heavy (non-hydrogen) atoms. The summed E-state index contributed by atoms with van der Waals surface area (Å²) < 4.78 is 0. The third-order valence-electron chi connectivity index (χ3n) is 3.31. The molecule has 4 heteroatoms. The number of carbonyl (C=O) groups is 1. The molecule has 1 aliphatic carbocycles. The van der Waals surface area contributed by atoms with E-state index in [1.807, 2.05) is 31.3 Å². The van der Waals surface area contributed by atoms with Gasteiger partial charge in [0.15, 0.2) is 0 Å². The van der Waals surface area contributed by atoms with Gasteiger partial charge in [-0.1, -0.05) is 36.7 Å². The van der Waals surface area contributed by atoms with Crippen LogP contribution in [0.2, 0.25) is 5.02 Å². The summed E-state index contributed by atoms with van der Waals surface area (Å²) in [5.74, 6) is 0.373. The number of amides is 2. The average Bonchev–Trinajstić information content (AvgIpc) is 3.09. The summed E-state index contributed by atoms with van der Waals surface area (Å²) in [7, 11) is 1.83. The third kappa shape index (κ3) is 2.96. The molecule has 0 radical (unpaired) electrons. The van der Waals surface area contributed by atoms with Crippen LogP contribution in [0, 0.1) is 0 Å². The number of benzene rings is 1. The number of rotatable bonds is 4. The molecule has 0 heterocycles. The molecule has 0 aliphatic heterocycles. The monoisotopic (exact) mass is 266 g/mol. The Labute approximate surface area is 113 Å². The summed E-state index contributed by atoms with van der Waals surface area (Å²) in [6.45, 7) is 2.85. The molecule has 1 aromatic rings. The van der Waals surface area contributed by atoms with Crippen LogP contribution < -0.4 is 5.32 Å². The Balaban J connectivity index is 1.89. The standard InChI is InChI=1S/C14H19ClN2O/c1-3-8-17(2)14(18)16-13-9-11(13)10-6-4-5-7-12(10)15/h4-7,11,13H,3,8-9H2,1-2H3,(H,16,18)/t11-,13+/m0/s1. The molecule has 0 spiro atoms.